The van der Waals surface area contributed by atoms with E-state index >= 15 is 0 Å². The predicted molar refractivity (Wildman–Crippen MR) is 116 cm³/mol. The molecule has 0 bridgehead atoms. The normalized spacial score (nSPS) is 39.4. The van der Waals surface area contributed by atoms with Gasteiger partial charge in [-0.3, -0.25) is 19.2 Å². The molecule has 0 aromatic carbocycles. The van der Waals surface area contributed by atoms with E-state index < -0.39 is 70.7 Å². The van der Waals surface area contributed by atoms with Crippen molar-refractivity contribution < 1.29 is 42.9 Å². The number of ether oxygens (including phenoxy) is 3. The Hall–Kier alpha value is -2.39. The van der Waals surface area contributed by atoms with Crippen LogP contribution in [0.1, 0.15) is 58.1 Å². The molecule has 2 aliphatic carbocycles. The molecule has 7 atom stereocenters. The lowest BCUT2D eigenvalue weighted by atomic mass is 9.41. The Bertz CT molecular complexity index is 991. The first-order chi connectivity index (χ1) is 16.0. The molecule has 1 N–H and O–H groups in total. The number of ketones is 1. The minimum Gasteiger partial charge on any atom is -0.472 e. The van der Waals surface area contributed by atoms with E-state index in [1.165, 1.54) is 26.4 Å². The van der Waals surface area contributed by atoms with E-state index in [4.69, 9.17) is 30.2 Å². The van der Waals surface area contributed by atoms with Crippen molar-refractivity contribution in [1.29, 1.82) is 0 Å². The Labute approximate surface area is 202 Å². The van der Waals surface area contributed by atoms with Gasteiger partial charge in [-0.2, -0.15) is 0 Å². The van der Waals surface area contributed by atoms with Crippen molar-refractivity contribution in [3.8, 4) is 0 Å². The SMILES string of the molecule is CC(=O)OC[C@@]12[C@@H](OC(C)=O)C[C@@H](C)[C@]3(C[C@@H](c4ccoc4)OC3=O)[C@H]1CCC(=O)[C@]2(O)CCl. The third-order valence-electron chi connectivity index (χ3n) is 8.24. The molecule has 34 heavy (non-hydrogen) atoms. The van der Waals surface area contributed by atoms with Crippen LogP contribution < -0.4 is 0 Å². The first-order valence-electron chi connectivity index (χ1n) is 11.4. The number of alkyl halides is 1. The minimum absolute atomic E-state index is 0.0272. The molecule has 186 valence electrons. The van der Waals surface area contributed by atoms with Crippen LogP contribution in [0.3, 0.4) is 0 Å². The summed E-state index contributed by atoms with van der Waals surface area (Å²) in [4.78, 5) is 50.8. The third kappa shape index (κ3) is 3.39. The predicted octanol–water partition coefficient (Wildman–Crippen LogP) is 2.72. The molecule has 10 heteroatoms. The van der Waals surface area contributed by atoms with E-state index in [0.29, 0.717) is 5.56 Å². The number of fused-ring (bicyclic) bond motifs is 2. The molecule has 1 spiro atoms. The van der Waals surface area contributed by atoms with Gasteiger partial charge in [0.15, 0.2) is 5.78 Å². The van der Waals surface area contributed by atoms with Crippen LogP contribution >= 0.6 is 11.6 Å². The number of Topliss-reactive ketones (excluding diaryl/α,β-unsaturated/α-hetero) is 1. The lowest BCUT2D eigenvalue weighted by Crippen LogP contribution is -2.75. The number of halogens is 1. The van der Waals surface area contributed by atoms with Gasteiger partial charge in [0.25, 0.3) is 0 Å². The maximum absolute atomic E-state index is 13.6. The fraction of sp³-hybridized carbons (Fsp3) is 0.667. The number of aliphatic hydroxyl groups is 1. The molecule has 1 aliphatic heterocycles. The second-order valence-corrected chi connectivity index (χ2v) is 10.0. The summed E-state index contributed by atoms with van der Waals surface area (Å²) in [6.45, 7) is 3.88. The minimum atomic E-state index is -2.19. The zero-order chi connectivity index (χ0) is 24.9. The van der Waals surface area contributed by atoms with E-state index in [0.717, 1.165) is 0 Å². The van der Waals surface area contributed by atoms with Crippen molar-refractivity contribution in [1.82, 2.24) is 0 Å². The van der Waals surface area contributed by atoms with Gasteiger partial charge in [-0.05, 0) is 30.7 Å². The smallest absolute Gasteiger partial charge is 0.313 e. The molecule has 0 radical (unpaired) electrons. The summed E-state index contributed by atoms with van der Waals surface area (Å²) in [5, 5.41) is 11.8. The standard InChI is InChI=1S/C24H29ClO9/c1-13-8-20(33-15(3)27)23(12-32-14(2)26)18(4-5-19(28)24(23,30)11-25)22(13)9-17(34-21(22)29)16-6-7-31-10-16/h6-7,10,13,17-18,20,30H,4-5,8-9,11-12H2,1-3H3/t13-,17+,18-,20+,22-,23+,24-/m1/s1. The maximum Gasteiger partial charge on any atom is 0.313 e. The molecule has 0 amide bonds. The average Bonchev–Trinajstić information content (AvgIpc) is 3.42. The van der Waals surface area contributed by atoms with Gasteiger partial charge in [0.05, 0.1) is 29.2 Å². The van der Waals surface area contributed by atoms with Crippen molar-refractivity contribution >= 4 is 35.3 Å². The van der Waals surface area contributed by atoms with Crippen LogP contribution in [-0.2, 0) is 33.4 Å². The highest BCUT2D eigenvalue weighted by Crippen LogP contribution is 2.67. The first-order valence-corrected chi connectivity index (χ1v) is 11.9. The number of hydrogen-bond donors (Lipinski definition) is 1. The number of carbonyl (C=O) groups excluding carboxylic acids is 4. The van der Waals surface area contributed by atoms with E-state index in [1.807, 2.05) is 6.92 Å². The van der Waals surface area contributed by atoms with Crippen molar-refractivity contribution in [2.75, 3.05) is 12.5 Å². The van der Waals surface area contributed by atoms with Crippen molar-refractivity contribution in [3.05, 3.63) is 24.2 Å². The summed E-state index contributed by atoms with van der Waals surface area (Å²) in [6.07, 6.45) is 2.03. The van der Waals surface area contributed by atoms with Crippen molar-refractivity contribution in [3.63, 3.8) is 0 Å². The summed E-state index contributed by atoms with van der Waals surface area (Å²) < 4.78 is 22.1. The number of carbonyl (C=O) groups is 4. The molecule has 1 aromatic heterocycles. The summed E-state index contributed by atoms with van der Waals surface area (Å²) in [5.41, 5.74) is -4.24. The number of esters is 3. The largest absolute Gasteiger partial charge is 0.472 e. The molecular formula is C24H29ClO9. The molecule has 1 aromatic rings. The highest BCUT2D eigenvalue weighted by atomic mass is 35.5. The molecular weight excluding hydrogens is 468 g/mol. The Morgan fingerprint density at radius 1 is 1.26 bits per heavy atom. The van der Waals surface area contributed by atoms with Gasteiger partial charge in [0.2, 0.25) is 0 Å². The van der Waals surface area contributed by atoms with Crippen LogP contribution in [0.5, 0.6) is 0 Å². The Kier molecular flexibility index (Phi) is 6.31. The van der Waals surface area contributed by atoms with Crippen LogP contribution in [0, 0.1) is 22.7 Å². The Morgan fingerprint density at radius 3 is 2.59 bits per heavy atom. The monoisotopic (exact) mass is 496 g/mol. The zero-order valence-corrected chi connectivity index (χ0v) is 20.1. The van der Waals surface area contributed by atoms with Gasteiger partial charge in [-0.25, -0.2) is 0 Å². The van der Waals surface area contributed by atoms with E-state index in [-0.39, 0.29) is 31.6 Å². The molecule has 0 unspecified atom stereocenters. The van der Waals surface area contributed by atoms with Crippen LogP contribution in [0.4, 0.5) is 0 Å². The van der Waals surface area contributed by atoms with Crippen LogP contribution in [0.2, 0.25) is 0 Å². The van der Waals surface area contributed by atoms with Gasteiger partial charge in [0, 0.05) is 32.3 Å². The second-order valence-electron chi connectivity index (χ2n) is 9.76. The van der Waals surface area contributed by atoms with Crippen molar-refractivity contribution in [2.24, 2.45) is 22.7 Å². The van der Waals surface area contributed by atoms with Crippen molar-refractivity contribution in [2.45, 2.75) is 64.3 Å². The Balaban J connectivity index is 1.91. The summed E-state index contributed by atoms with van der Waals surface area (Å²) in [5.74, 6) is -3.80. The number of cyclic esters (lactones) is 1. The van der Waals surface area contributed by atoms with Gasteiger partial charge >= 0.3 is 17.9 Å². The van der Waals surface area contributed by atoms with Crippen LogP contribution in [0.25, 0.3) is 0 Å². The Morgan fingerprint density at radius 2 is 2.00 bits per heavy atom. The maximum atomic E-state index is 13.6. The molecule has 4 rings (SSSR count). The summed E-state index contributed by atoms with van der Waals surface area (Å²) in [7, 11) is 0. The summed E-state index contributed by atoms with van der Waals surface area (Å²) >= 11 is 6.24. The molecule has 1 saturated heterocycles. The fourth-order valence-corrected chi connectivity index (χ4v) is 7.07. The fourth-order valence-electron chi connectivity index (χ4n) is 6.67. The van der Waals surface area contributed by atoms with Crippen LogP contribution in [-0.4, -0.2) is 53.0 Å². The van der Waals surface area contributed by atoms with Crippen LogP contribution in [0.15, 0.2) is 23.0 Å². The lowest BCUT2D eigenvalue weighted by molar-refractivity contribution is -0.255. The quantitative estimate of drug-likeness (QED) is 0.371. The second kappa shape index (κ2) is 8.68. The number of rotatable bonds is 5. The van der Waals surface area contributed by atoms with E-state index in [1.54, 1.807) is 6.07 Å². The zero-order valence-electron chi connectivity index (χ0n) is 19.4. The van der Waals surface area contributed by atoms with E-state index in [9.17, 15) is 24.3 Å². The molecule has 3 fully saturated rings. The van der Waals surface area contributed by atoms with E-state index in [2.05, 4.69) is 0 Å². The molecule has 3 aliphatic rings. The lowest BCUT2D eigenvalue weighted by Gasteiger charge is -2.63. The van der Waals surface area contributed by atoms with Gasteiger partial charge < -0.3 is 23.7 Å². The first kappa shape index (κ1) is 24.7. The average molecular weight is 497 g/mol. The molecule has 2 saturated carbocycles. The van der Waals surface area contributed by atoms with Gasteiger partial charge in [0.1, 0.15) is 24.4 Å². The molecule has 9 nitrogen and oxygen atoms in total. The highest BCUT2D eigenvalue weighted by molar-refractivity contribution is 6.21. The number of furan rings is 1. The van der Waals surface area contributed by atoms with Gasteiger partial charge in [-0.15, -0.1) is 11.6 Å². The molecule has 2 heterocycles. The topological polar surface area (TPSA) is 129 Å². The summed E-state index contributed by atoms with van der Waals surface area (Å²) in [6, 6.07) is 1.72. The highest BCUT2D eigenvalue weighted by Gasteiger charge is 2.76. The third-order valence-corrected chi connectivity index (χ3v) is 8.63. The van der Waals surface area contributed by atoms with Gasteiger partial charge in [-0.1, -0.05) is 6.92 Å². The number of hydrogen-bond acceptors (Lipinski definition) is 9.